The Balaban J connectivity index is 2.42. The second-order valence-corrected chi connectivity index (χ2v) is 3.64. The van der Waals surface area contributed by atoms with E-state index in [9.17, 15) is 13.6 Å². The highest BCUT2D eigenvalue weighted by atomic mass is 19.1. The van der Waals surface area contributed by atoms with Gasteiger partial charge in [0.15, 0.2) is 29.4 Å². The summed E-state index contributed by atoms with van der Waals surface area (Å²) in [5.41, 5.74) is 0.0951. The lowest BCUT2D eigenvalue weighted by Crippen LogP contribution is -1.96. The molecule has 3 nitrogen and oxygen atoms in total. The van der Waals surface area contributed by atoms with E-state index < -0.39 is 11.6 Å². The number of nitrogens with zero attached hydrogens (tertiary/aromatic N) is 1. The van der Waals surface area contributed by atoms with Crippen LogP contribution in [0.2, 0.25) is 0 Å². The molecule has 0 radical (unpaired) electrons. The fourth-order valence-electron chi connectivity index (χ4n) is 1.49. The van der Waals surface area contributed by atoms with Crippen molar-refractivity contribution in [2.24, 2.45) is 0 Å². The van der Waals surface area contributed by atoms with Crippen LogP contribution in [0.3, 0.4) is 0 Å². The lowest BCUT2D eigenvalue weighted by molar-refractivity contribution is 0.112. The van der Waals surface area contributed by atoms with Crippen molar-refractivity contribution < 1.29 is 18.3 Å². The summed E-state index contributed by atoms with van der Waals surface area (Å²) >= 11 is 0. The summed E-state index contributed by atoms with van der Waals surface area (Å²) in [6, 6.07) is 9.08. The average molecular weight is 259 g/mol. The highest BCUT2D eigenvalue weighted by molar-refractivity contribution is 5.79. The quantitative estimate of drug-likeness (QED) is 0.793. The molecule has 2 aromatic rings. The van der Waals surface area contributed by atoms with Crippen molar-refractivity contribution in [2.45, 2.75) is 0 Å². The van der Waals surface area contributed by atoms with Gasteiger partial charge in [-0.3, -0.25) is 4.79 Å². The van der Waals surface area contributed by atoms with Crippen LogP contribution in [-0.4, -0.2) is 6.29 Å². The highest BCUT2D eigenvalue weighted by Gasteiger charge is 2.13. The van der Waals surface area contributed by atoms with Gasteiger partial charge in [-0.25, -0.2) is 8.78 Å². The monoisotopic (exact) mass is 259 g/mol. The van der Waals surface area contributed by atoms with Gasteiger partial charge in [0.2, 0.25) is 0 Å². The van der Waals surface area contributed by atoms with Crippen LogP contribution in [0, 0.1) is 23.0 Å². The van der Waals surface area contributed by atoms with Gasteiger partial charge in [0, 0.05) is 0 Å². The van der Waals surface area contributed by atoms with Gasteiger partial charge in [-0.05, 0) is 30.3 Å². The number of para-hydroxylation sites is 1. The van der Waals surface area contributed by atoms with Crippen LogP contribution in [0.15, 0.2) is 36.4 Å². The number of halogens is 2. The molecule has 0 saturated heterocycles. The highest BCUT2D eigenvalue weighted by Crippen LogP contribution is 2.29. The van der Waals surface area contributed by atoms with Gasteiger partial charge in [0.05, 0.1) is 17.2 Å². The molecule has 0 amide bonds. The smallest absolute Gasteiger partial charge is 0.173 e. The number of aldehydes is 1. The zero-order chi connectivity index (χ0) is 13.8. The van der Waals surface area contributed by atoms with Crippen molar-refractivity contribution in [1.29, 1.82) is 5.26 Å². The Labute approximate surface area is 107 Å². The van der Waals surface area contributed by atoms with Gasteiger partial charge in [-0.2, -0.15) is 5.26 Å². The van der Waals surface area contributed by atoms with E-state index in [0.717, 1.165) is 12.1 Å². The first-order valence-electron chi connectivity index (χ1n) is 5.27. The molecule has 0 atom stereocenters. The topological polar surface area (TPSA) is 50.1 Å². The third-order valence-corrected chi connectivity index (χ3v) is 2.40. The van der Waals surface area contributed by atoms with Crippen LogP contribution < -0.4 is 4.74 Å². The Morgan fingerprint density at radius 3 is 2.58 bits per heavy atom. The zero-order valence-electron chi connectivity index (χ0n) is 9.56. The summed E-state index contributed by atoms with van der Waals surface area (Å²) in [5.74, 6) is -2.18. The maximum atomic E-state index is 13.6. The van der Waals surface area contributed by atoms with E-state index in [4.69, 9.17) is 10.00 Å². The summed E-state index contributed by atoms with van der Waals surface area (Å²) in [4.78, 5) is 10.8. The van der Waals surface area contributed by atoms with Gasteiger partial charge >= 0.3 is 0 Å². The molecule has 0 N–H and O–H groups in total. The van der Waals surface area contributed by atoms with Crippen molar-refractivity contribution in [3.63, 3.8) is 0 Å². The Hall–Kier alpha value is -2.74. The average Bonchev–Trinajstić information content (AvgIpc) is 2.42. The van der Waals surface area contributed by atoms with E-state index in [2.05, 4.69) is 0 Å². The van der Waals surface area contributed by atoms with Gasteiger partial charge in [0.1, 0.15) is 0 Å². The third kappa shape index (κ3) is 2.58. The molecule has 2 rings (SSSR count). The van der Waals surface area contributed by atoms with Crippen molar-refractivity contribution in [3.8, 4) is 17.6 Å². The van der Waals surface area contributed by atoms with Gasteiger partial charge in [0.25, 0.3) is 0 Å². The minimum Gasteiger partial charge on any atom is -0.450 e. The normalized spacial score (nSPS) is 9.74. The Kier molecular flexibility index (Phi) is 3.53. The molecular weight excluding hydrogens is 252 g/mol. The first-order chi connectivity index (χ1) is 9.15. The predicted molar refractivity (Wildman–Crippen MR) is 63.0 cm³/mol. The third-order valence-electron chi connectivity index (χ3n) is 2.40. The zero-order valence-corrected chi connectivity index (χ0v) is 9.56. The van der Waals surface area contributed by atoms with Crippen molar-refractivity contribution in [2.75, 3.05) is 0 Å². The molecule has 0 saturated carbocycles. The van der Waals surface area contributed by atoms with Gasteiger partial charge < -0.3 is 4.74 Å². The second kappa shape index (κ2) is 5.27. The van der Waals surface area contributed by atoms with Crippen LogP contribution in [-0.2, 0) is 0 Å². The largest absolute Gasteiger partial charge is 0.450 e. The van der Waals surface area contributed by atoms with Gasteiger partial charge in [-0.1, -0.05) is 6.07 Å². The molecule has 0 heterocycles. The Morgan fingerprint density at radius 1 is 1.16 bits per heavy atom. The van der Waals surface area contributed by atoms with Crippen molar-refractivity contribution in [3.05, 3.63) is 59.2 Å². The first-order valence-corrected chi connectivity index (χ1v) is 5.27. The molecule has 19 heavy (non-hydrogen) atoms. The standard InChI is InChI=1S/C14H7F2NO2/c15-11-3-1-2-10(8-18)14(11)19-13-5-4-9(7-17)6-12(13)16/h1-6,8H. The van der Waals surface area contributed by atoms with E-state index in [0.29, 0.717) is 6.29 Å². The lowest BCUT2D eigenvalue weighted by Gasteiger charge is -2.09. The first kappa shape index (κ1) is 12.7. The Morgan fingerprint density at radius 2 is 1.95 bits per heavy atom. The molecule has 0 unspecified atom stereocenters. The Bertz CT molecular complexity index is 678. The molecule has 0 aliphatic rings. The maximum absolute atomic E-state index is 13.6. The van der Waals surface area contributed by atoms with E-state index in [1.807, 2.05) is 0 Å². The fourth-order valence-corrected chi connectivity index (χ4v) is 1.49. The summed E-state index contributed by atoms with van der Waals surface area (Å²) in [6.45, 7) is 0. The van der Waals surface area contributed by atoms with Crippen molar-refractivity contribution in [1.82, 2.24) is 0 Å². The number of carbonyl (C=O) groups is 1. The summed E-state index contributed by atoms with van der Waals surface area (Å²) in [6.07, 6.45) is 0.417. The molecule has 0 bridgehead atoms. The van der Waals surface area contributed by atoms with Gasteiger partial charge in [-0.15, -0.1) is 0 Å². The SMILES string of the molecule is N#Cc1ccc(Oc2c(F)cccc2C=O)c(F)c1. The molecule has 94 valence electrons. The maximum Gasteiger partial charge on any atom is 0.173 e. The number of hydrogen-bond acceptors (Lipinski definition) is 3. The van der Waals surface area contributed by atoms with Crippen molar-refractivity contribution >= 4 is 6.29 Å². The number of nitriles is 1. The minimum absolute atomic E-state index is 0.0243. The number of hydrogen-bond donors (Lipinski definition) is 0. The number of carbonyl (C=O) groups excluding carboxylic acids is 1. The number of benzene rings is 2. The molecule has 0 aliphatic heterocycles. The summed E-state index contributed by atoms with van der Waals surface area (Å²) in [5, 5.41) is 8.61. The van der Waals surface area contributed by atoms with E-state index in [-0.39, 0.29) is 22.6 Å². The molecular formula is C14H7F2NO2. The van der Waals surface area contributed by atoms with Crippen LogP contribution in [0.4, 0.5) is 8.78 Å². The van der Waals surface area contributed by atoms with Crippen LogP contribution in [0.5, 0.6) is 11.5 Å². The predicted octanol–water partition coefficient (Wildman–Crippen LogP) is 3.44. The van der Waals surface area contributed by atoms with E-state index in [1.165, 1.54) is 24.3 Å². The van der Waals surface area contributed by atoms with Crippen LogP contribution in [0.1, 0.15) is 15.9 Å². The van der Waals surface area contributed by atoms with Crippen LogP contribution in [0.25, 0.3) is 0 Å². The molecule has 0 fully saturated rings. The minimum atomic E-state index is -0.806. The van der Waals surface area contributed by atoms with E-state index in [1.54, 1.807) is 6.07 Å². The van der Waals surface area contributed by atoms with E-state index >= 15 is 0 Å². The fraction of sp³-hybridized carbons (Fsp3) is 0. The van der Waals surface area contributed by atoms with Crippen LogP contribution >= 0.6 is 0 Å². The number of ether oxygens (including phenoxy) is 1. The number of rotatable bonds is 3. The molecule has 0 aliphatic carbocycles. The molecule has 0 spiro atoms. The molecule has 0 aromatic heterocycles. The molecule has 2 aromatic carbocycles. The lowest BCUT2D eigenvalue weighted by atomic mass is 10.2. The summed E-state index contributed by atoms with van der Waals surface area (Å²) < 4.78 is 32.2. The molecule has 5 heteroatoms. The second-order valence-electron chi connectivity index (χ2n) is 3.64. The summed E-state index contributed by atoms with van der Waals surface area (Å²) in [7, 11) is 0.